The van der Waals surface area contributed by atoms with E-state index in [2.05, 4.69) is 44.2 Å². The van der Waals surface area contributed by atoms with Crippen LogP contribution in [0.2, 0.25) is 0 Å². The highest BCUT2D eigenvalue weighted by molar-refractivity contribution is 5.14. The van der Waals surface area contributed by atoms with Gasteiger partial charge in [0, 0.05) is 0 Å². The average Bonchev–Trinajstić information content (AvgIpc) is 2.42. The minimum absolute atomic E-state index is 0.817. The van der Waals surface area contributed by atoms with Crippen LogP contribution in [0.3, 0.4) is 0 Å². The molecule has 2 rings (SSSR count). The summed E-state index contributed by atoms with van der Waals surface area (Å²) < 4.78 is 0. The monoisotopic (exact) mass is 226 g/mol. The number of hydrogen-bond acceptors (Lipinski definition) is 0. The minimum Gasteiger partial charge on any atom is -0.0651 e. The Morgan fingerprint density at radius 1 is 0.765 bits per heavy atom. The molecular formula is C17H22. The summed E-state index contributed by atoms with van der Waals surface area (Å²) in [4.78, 5) is 0. The molecule has 0 heterocycles. The summed E-state index contributed by atoms with van der Waals surface area (Å²) >= 11 is 0. The molecule has 90 valence electrons. The Morgan fingerprint density at radius 3 is 1.59 bits per heavy atom. The first-order valence-corrected chi connectivity index (χ1v) is 6.37. The van der Waals surface area contributed by atoms with Gasteiger partial charge in [-0.15, -0.1) is 0 Å². The lowest BCUT2D eigenvalue weighted by Crippen LogP contribution is -1.96. The van der Waals surface area contributed by atoms with E-state index in [1.54, 1.807) is 0 Å². The molecule has 0 radical (unpaired) electrons. The maximum absolute atomic E-state index is 2.30. The molecule has 0 saturated carbocycles. The van der Waals surface area contributed by atoms with Crippen molar-refractivity contribution in [3.8, 4) is 0 Å². The minimum atomic E-state index is 0.817. The molecular weight excluding hydrogens is 204 g/mol. The van der Waals surface area contributed by atoms with Crippen LogP contribution in [0.4, 0.5) is 0 Å². The Balaban J connectivity index is 0.000000202. The molecule has 0 amide bonds. The van der Waals surface area contributed by atoms with Gasteiger partial charge < -0.3 is 0 Å². The second kappa shape index (κ2) is 8.58. The Kier molecular flexibility index (Phi) is 6.81. The van der Waals surface area contributed by atoms with Crippen LogP contribution in [0.15, 0.2) is 66.7 Å². The Hall–Kier alpha value is -1.56. The molecule has 2 aromatic rings. The van der Waals surface area contributed by atoms with E-state index in [1.165, 1.54) is 18.4 Å². The lowest BCUT2D eigenvalue weighted by Gasteiger charge is -2.06. The van der Waals surface area contributed by atoms with Gasteiger partial charge in [0.25, 0.3) is 0 Å². The topological polar surface area (TPSA) is 0 Å². The standard InChI is InChI=1S/C11H16.C6H6/c1-3-10(2)9-11-7-5-4-6-8-11;1-2-4-6-5-3-1/h4-8,10H,3,9H2,1-2H3;1-6H. The van der Waals surface area contributed by atoms with Crippen molar-refractivity contribution in [2.24, 2.45) is 5.92 Å². The lowest BCUT2D eigenvalue weighted by atomic mass is 9.99. The van der Waals surface area contributed by atoms with Gasteiger partial charge in [-0.2, -0.15) is 0 Å². The van der Waals surface area contributed by atoms with Crippen LogP contribution in [0.5, 0.6) is 0 Å². The largest absolute Gasteiger partial charge is 0.0651 e. The van der Waals surface area contributed by atoms with Gasteiger partial charge in [-0.1, -0.05) is 87.0 Å². The van der Waals surface area contributed by atoms with Crippen molar-refractivity contribution >= 4 is 0 Å². The van der Waals surface area contributed by atoms with Gasteiger partial charge in [0.2, 0.25) is 0 Å². The quantitative estimate of drug-likeness (QED) is 0.693. The van der Waals surface area contributed by atoms with Gasteiger partial charge in [-0.25, -0.2) is 0 Å². The predicted molar refractivity (Wildman–Crippen MR) is 76.0 cm³/mol. The normalized spacial score (nSPS) is 11.2. The van der Waals surface area contributed by atoms with Crippen molar-refractivity contribution in [3.63, 3.8) is 0 Å². The van der Waals surface area contributed by atoms with Crippen LogP contribution in [-0.2, 0) is 6.42 Å². The molecule has 0 nitrogen and oxygen atoms in total. The fraction of sp³-hybridized carbons (Fsp3) is 0.294. The van der Waals surface area contributed by atoms with Crippen molar-refractivity contribution in [2.45, 2.75) is 26.7 Å². The molecule has 0 N–H and O–H groups in total. The average molecular weight is 226 g/mol. The summed E-state index contributed by atoms with van der Waals surface area (Å²) in [7, 11) is 0. The zero-order valence-corrected chi connectivity index (χ0v) is 10.8. The van der Waals surface area contributed by atoms with E-state index < -0.39 is 0 Å². The second-order valence-corrected chi connectivity index (χ2v) is 4.36. The summed E-state index contributed by atoms with van der Waals surface area (Å²) in [5.41, 5.74) is 1.46. The molecule has 0 aliphatic carbocycles. The second-order valence-electron chi connectivity index (χ2n) is 4.36. The summed E-state index contributed by atoms with van der Waals surface area (Å²) in [5.74, 6) is 0.817. The first-order chi connectivity index (χ1) is 8.33. The molecule has 0 spiro atoms. The van der Waals surface area contributed by atoms with E-state index in [-0.39, 0.29) is 0 Å². The van der Waals surface area contributed by atoms with E-state index in [0.29, 0.717) is 0 Å². The SMILES string of the molecule is CCC(C)Cc1ccccc1.c1ccccc1. The van der Waals surface area contributed by atoms with Gasteiger partial charge >= 0.3 is 0 Å². The van der Waals surface area contributed by atoms with Gasteiger partial charge in [0.15, 0.2) is 0 Å². The maximum atomic E-state index is 2.30. The van der Waals surface area contributed by atoms with Crippen molar-refractivity contribution < 1.29 is 0 Å². The van der Waals surface area contributed by atoms with E-state index >= 15 is 0 Å². The first-order valence-electron chi connectivity index (χ1n) is 6.37. The van der Waals surface area contributed by atoms with Gasteiger partial charge in [0.05, 0.1) is 0 Å². The van der Waals surface area contributed by atoms with Crippen LogP contribution < -0.4 is 0 Å². The van der Waals surface area contributed by atoms with Gasteiger partial charge in [0.1, 0.15) is 0 Å². The Labute approximate surface area is 105 Å². The summed E-state index contributed by atoms with van der Waals surface area (Å²) in [6.45, 7) is 4.54. The van der Waals surface area contributed by atoms with Crippen LogP contribution in [0, 0.1) is 5.92 Å². The van der Waals surface area contributed by atoms with Gasteiger partial charge in [-0.05, 0) is 17.9 Å². The fourth-order valence-electron chi connectivity index (χ4n) is 1.55. The smallest absolute Gasteiger partial charge is 0.0253 e. The molecule has 0 saturated heterocycles. The fourth-order valence-corrected chi connectivity index (χ4v) is 1.55. The molecule has 1 atom stereocenters. The highest BCUT2D eigenvalue weighted by Gasteiger charge is 1.98. The first kappa shape index (κ1) is 13.5. The molecule has 17 heavy (non-hydrogen) atoms. The van der Waals surface area contributed by atoms with Crippen molar-refractivity contribution in [1.29, 1.82) is 0 Å². The van der Waals surface area contributed by atoms with Crippen molar-refractivity contribution in [1.82, 2.24) is 0 Å². The summed E-state index contributed by atoms with van der Waals surface area (Å²) in [6, 6.07) is 22.7. The molecule has 0 aliphatic rings. The van der Waals surface area contributed by atoms with E-state index in [0.717, 1.165) is 5.92 Å². The van der Waals surface area contributed by atoms with Crippen LogP contribution >= 0.6 is 0 Å². The number of rotatable bonds is 3. The number of hydrogen-bond donors (Lipinski definition) is 0. The maximum Gasteiger partial charge on any atom is -0.0253 e. The Morgan fingerprint density at radius 2 is 1.18 bits per heavy atom. The third-order valence-corrected chi connectivity index (χ3v) is 2.79. The molecule has 1 unspecified atom stereocenters. The van der Waals surface area contributed by atoms with Crippen molar-refractivity contribution in [3.05, 3.63) is 72.3 Å². The summed E-state index contributed by atoms with van der Waals surface area (Å²) in [6.07, 6.45) is 2.49. The molecule has 2 aromatic carbocycles. The third-order valence-electron chi connectivity index (χ3n) is 2.79. The molecule has 0 bridgehead atoms. The van der Waals surface area contributed by atoms with Crippen LogP contribution in [-0.4, -0.2) is 0 Å². The van der Waals surface area contributed by atoms with Crippen molar-refractivity contribution in [2.75, 3.05) is 0 Å². The van der Waals surface area contributed by atoms with Gasteiger partial charge in [-0.3, -0.25) is 0 Å². The van der Waals surface area contributed by atoms with Crippen LogP contribution in [0.1, 0.15) is 25.8 Å². The van der Waals surface area contributed by atoms with Crippen LogP contribution in [0.25, 0.3) is 0 Å². The third kappa shape index (κ3) is 6.57. The zero-order valence-electron chi connectivity index (χ0n) is 10.8. The van der Waals surface area contributed by atoms with E-state index in [1.807, 2.05) is 36.4 Å². The highest BCUT2D eigenvalue weighted by Crippen LogP contribution is 2.10. The highest BCUT2D eigenvalue weighted by atomic mass is 14.0. The molecule has 0 aromatic heterocycles. The number of benzene rings is 2. The predicted octanol–water partition coefficient (Wildman–Crippen LogP) is 4.96. The van der Waals surface area contributed by atoms with E-state index in [4.69, 9.17) is 0 Å². The summed E-state index contributed by atoms with van der Waals surface area (Å²) in [5, 5.41) is 0. The Bertz CT molecular complexity index is 337. The zero-order chi connectivity index (χ0) is 12.3. The molecule has 0 fully saturated rings. The lowest BCUT2D eigenvalue weighted by molar-refractivity contribution is 0.560. The molecule has 0 aliphatic heterocycles. The molecule has 0 heteroatoms. The van der Waals surface area contributed by atoms with E-state index in [9.17, 15) is 0 Å².